The molecule has 0 saturated carbocycles. The van der Waals surface area contributed by atoms with Crippen LogP contribution in [0.2, 0.25) is 0 Å². The number of nitrogens with one attached hydrogen (secondary N) is 1. The molecule has 8 rings (SSSR count). The minimum atomic E-state index is -0.653. The van der Waals surface area contributed by atoms with Gasteiger partial charge in [-0.2, -0.15) is 0 Å². The molecule has 4 aromatic carbocycles. The number of aryl methyl sites for hydroxylation is 1. The van der Waals surface area contributed by atoms with Crippen LogP contribution in [0.25, 0.3) is 0 Å². The number of imide groups is 1. The minimum absolute atomic E-state index is 0. The Kier molecular flexibility index (Phi) is 13.0. The summed E-state index contributed by atoms with van der Waals surface area (Å²) < 4.78 is 12.3. The molecule has 9 heteroatoms. The van der Waals surface area contributed by atoms with Gasteiger partial charge < -0.3 is 24.4 Å². The van der Waals surface area contributed by atoms with Crippen molar-refractivity contribution >= 4 is 17.7 Å². The van der Waals surface area contributed by atoms with Crippen LogP contribution < -0.4 is 14.8 Å². The van der Waals surface area contributed by atoms with E-state index < -0.39 is 11.9 Å². The molecule has 0 aromatic heterocycles. The molecule has 3 amide bonds. The molecule has 56 heavy (non-hydrogen) atoms. The fourth-order valence-corrected chi connectivity index (χ4v) is 8.82. The standard InChI is InChI=1S/C45H47N3O6.2CH4/c49-35-13-17-40-34(26-35)12-16-39(31-6-2-1-3-7-31)44(40)32-10-14-36(15-11-32)53-25-5-22-47-23-20-30(21-24-47)33-8-4-9-37(27-33)54-38-28-43(51)48(29-38)41-18-19-42(50)46-45(41)52;;/h1-4,6-11,13-15,17,26-28,30,39,41,44,49H,5,12,16,18-25,29H2,(H,46,50,52);2*1H4/t39-,41?,44+;;/m0../s1. The molecule has 0 bridgehead atoms. The average molecular weight is 758 g/mol. The Morgan fingerprint density at radius 1 is 0.750 bits per heavy atom. The first kappa shape index (κ1) is 40.3. The molecule has 4 aliphatic rings. The van der Waals surface area contributed by atoms with E-state index in [1.807, 2.05) is 24.3 Å². The van der Waals surface area contributed by atoms with Gasteiger partial charge >= 0.3 is 0 Å². The Hall–Kier alpha value is -5.41. The van der Waals surface area contributed by atoms with E-state index in [-0.39, 0.29) is 45.6 Å². The van der Waals surface area contributed by atoms with Gasteiger partial charge in [0.25, 0.3) is 5.91 Å². The molecule has 0 spiro atoms. The average Bonchev–Trinajstić information content (AvgIpc) is 3.55. The number of ether oxygens (including phenoxy) is 2. The maximum atomic E-state index is 12.7. The molecule has 3 atom stereocenters. The van der Waals surface area contributed by atoms with E-state index in [9.17, 15) is 19.5 Å². The van der Waals surface area contributed by atoms with Crippen LogP contribution >= 0.6 is 0 Å². The number of phenolic OH excluding ortho intramolecular Hbond substituents is 1. The van der Waals surface area contributed by atoms with E-state index in [0.717, 1.165) is 57.5 Å². The lowest BCUT2D eigenvalue weighted by molar-refractivity contribution is -0.142. The number of nitrogens with zero attached hydrogens (tertiary/aromatic N) is 2. The van der Waals surface area contributed by atoms with Crippen LogP contribution in [0.5, 0.6) is 17.2 Å². The van der Waals surface area contributed by atoms with Crippen molar-refractivity contribution in [2.75, 3.05) is 32.8 Å². The van der Waals surface area contributed by atoms with Crippen molar-refractivity contribution in [3.05, 3.63) is 137 Å². The van der Waals surface area contributed by atoms with Gasteiger partial charge in [-0.25, -0.2) is 0 Å². The van der Waals surface area contributed by atoms with E-state index in [1.165, 1.54) is 38.8 Å². The molecule has 2 N–H and O–H groups in total. The summed E-state index contributed by atoms with van der Waals surface area (Å²) in [5, 5.41) is 12.5. The molecular formula is C47H55N3O6. The van der Waals surface area contributed by atoms with Crippen molar-refractivity contribution in [1.82, 2.24) is 15.1 Å². The Labute approximate surface area is 331 Å². The zero-order chi connectivity index (χ0) is 37.0. The van der Waals surface area contributed by atoms with Crippen LogP contribution in [-0.4, -0.2) is 71.5 Å². The van der Waals surface area contributed by atoms with Crippen molar-refractivity contribution in [2.24, 2.45) is 0 Å². The summed E-state index contributed by atoms with van der Waals surface area (Å²) in [5.41, 5.74) is 6.38. The van der Waals surface area contributed by atoms with Gasteiger partial charge in [0.15, 0.2) is 0 Å². The van der Waals surface area contributed by atoms with Crippen LogP contribution in [0.1, 0.15) is 98.9 Å². The van der Waals surface area contributed by atoms with Gasteiger partial charge in [-0.3, -0.25) is 19.7 Å². The fraction of sp³-hybridized carbons (Fsp3) is 0.383. The normalized spacial score (nSPS) is 21.3. The molecule has 294 valence electrons. The third-order valence-corrected chi connectivity index (χ3v) is 11.6. The van der Waals surface area contributed by atoms with E-state index in [4.69, 9.17) is 9.47 Å². The van der Waals surface area contributed by atoms with Crippen molar-refractivity contribution < 1.29 is 29.0 Å². The maximum absolute atomic E-state index is 12.7. The van der Waals surface area contributed by atoms with Gasteiger partial charge in [-0.1, -0.05) is 75.5 Å². The molecule has 2 fully saturated rings. The summed E-state index contributed by atoms with van der Waals surface area (Å²) in [4.78, 5) is 40.5. The van der Waals surface area contributed by atoms with Crippen molar-refractivity contribution in [3.8, 4) is 17.2 Å². The molecule has 0 radical (unpaired) electrons. The summed E-state index contributed by atoms with van der Waals surface area (Å²) in [6.07, 6.45) is 7.06. The first-order valence-electron chi connectivity index (χ1n) is 19.3. The third-order valence-electron chi connectivity index (χ3n) is 11.6. The van der Waals surface area contributed by atoms with E-state index in [2.05, 4.69) is 83.0 Å². The second-order valence-corrected chi connectivity index (χ2v) is 15.0. The van der Waals surface area contributed by atoms with Crippen molar-refractivity contribution in [3.63, 3.8) is 0 Å². The number of likely N-dealkylation sites (tertiary alicyclic amines) is 1. The van der Waals surface area contributed by atoms with Crippen LogP contribution in [0.4, 0.5) is 0 Å². The maximum Gasteiger partial charge on any atom is 0.251 e. The van der Waals surface area contributed by atoms with E-state index >= 15 is 0 Å². The highest BCUT2D eigenvalue weighted by atomic mass is 16.5. The molecule has 3 heterocycles. The summed E-state index contributed by atoms with van der Waals surface area (Å²) in [7, 11) is 0. The van der Waals surface area contributed by atoms with E-state index in [0.29, 0.717) is 42.1 Å². The number of hydrogen-bond donors (Lipinski definition) is 2. The molecule has 9 nitrogen and oxygen atoms in total. The highest BCUT2D eigenvalue weighted by molar-refractivity contribution is 6.03. The van der Waals surface area contributed by atoms with Gasteiger partial charge in [0.05, 0.1) is 13.2 Å². The predicted octanol–water partition coefficient (Wildman–Crippen LogP) is 8.08. The van der Waals surface area contributed by atoms with Gasteiger partial charge in [0.2, 0.25) is 11.8 Å². The summed E-state index contributed by atoms with van der Waals surface area (Å²) in [6.45, 7) is 3.91. The second-order valence-electron chi connectivity index (χ2n) is 15.0. The lowest BCUT2D eigenvalue weighted by Gasteiger charge is -2.35. The predicted molar refractivity (Wildman–Crippen MR) is 219 cm³/mol. The summed E-state index contributed by atoms with van der Waals surface area (Å²) in [6, 6.07) is 32.7. The van der Waals surface area contributed by atoms with Crippen molar-refractivity contribution in [1.29, 1.82) is 0 Å². The number of amides is 3. The number of phenols is 1. The number of benzene rings is 4. The Balaban J connectivity index is 0.00000266. The number of carbonyl (C=O) groups is 3. The summed E-state index contributed by atoms with van der Waals surface area (Å²) in [5.74, 6) is 2.43. The van der Waals surface area contributed by atoms with Gasteiger partial charge in [0.1, 0.15) is 29.0 Å². The van der Waals surface area contributed by atoms with Crippen LogP contribution in [0, 0.1) is 0 Å². The quantitative estimate of drug-likeness (QED) is 0.118. The highest BCUT2D eigenvalue weighted by Gasteiger charge is 2.37. The lowest BCUT2D eigenvalue weighted by atomic mass is 9.69. The number of hydrogen-bond acceptors (Lipinski definition) is 7. The third kappa shape index (κ3) is 9.00. The zero-order valence-corrected chi connectivity index (χ0v) is 30.5. The van der Waals surface area contributed by atoms with Gasteiger partial charge in [0, 0.05) is 25.0 Å². The molecule has 1 unspecified atom stereocenters. The van der Waals surface area contributed by atoms with Crippen LogP contribution in [0.3, 0.4) is 0 Å². The largest absolute Gasteiger partial charge is 0.508 e. The molecule has 4 aromatic rings. The zero-order valence-electron chi connectivity index (χ0n) is 30.5. The van der Waals surface area contributed by atoms with Crippen LogP contribution in [-0.2, 0) is 20.8 Å². The van der Waals surface area contributed by atoms with Gasteiger partial charge in [-0.05, 0) is 128 Å². The number of fused-ring (bicyclic) bond motifs is 1. The number of aromatic hydroxyl groups is 1. The minimum Gasteiger partial charge on any atom is -0.508 e. The van der Waals surface area contributed by atoms with Gasteiger partial charge in [-0.15, -0.1) is 0 Å². The Morgan fingerprint density at radius 2 is 1.52 bits per heavy atom. The molecule has 3 aliphatic heterocycles. The highest BCUT2D eigenvalue weighted by Crippen LogP contribution is 2.47. The smallest absolute Gasteiger partial charge is 0.251 e. The van der Waals surface area contributed by atoms with E-state index in [1.54, 1.807) is 0 Å². The Bertz CT molecular complexity index is 2020. The number of rotatable bonds is 11. The fourth-order valence-electron chi connectivity index (χ4n) is 8.82. The van der Waals surface area contributed by atoms with Crippen LogP contribution in [0.15, 0.2) is 109 Å². The lowest BCUT2D eigenvalue weighted by Crippen LogP contribution is -2.53. The monoisotopic (exact) mass is 757 g/mol. The molecule has 2 saturated heterocycles. The van der Waals surface area contributed by atoms with Crippen molar-refractivity contribution in [2.45, 2.75) is 83.6 Å². The SMILES string of the molecule is C.C.O=C1CCC(N2CC(Oc3cccc(C4CCN(CCCOc5ccc([C@H]6c7ccc(O)cc7CC[C@H]6c6ccccc6)cc5)CC4)c3)=CC2=O)C(=O)N1. The first-order valence-corrected chi connectivity index (χ1v) is 19.3. The molecule has 1 aliphatic carbocycles. The Morgan fingerprint density at radius 3 is 2.29 bits per heavy atom. The second kappa shape index (κ2) is 18.0. The topological polar surface area (TPSA) is 108 Å². The summed E-state index contributed by atoms with van der Waals surface area (Å²) >= 11 is 0. The number of piperidine rings is 2. The first-order chi connectivity index (χ1) is 26.4. The molecular weight excluding hydrogens is 703 g/mol. The number of carbonyl (C=O) groups excluding carboxylic acids is 3.